The van der Waals surface area contributed by atoms with E-state index < -0.39 is 0 Å². The van der Waals surface area contributed by atoms with E-state index in [1.165, 1.54) is 0 Å². The highest BCUT2D eigenvalue weighted by atomic mass is 35.5. The Morgan fingerprint density at radius 1 is 1.25 bits per heavy atom. The van der Waals surface area contributed by atoms with Crippen LogP contribution in [0.4, 0.5) is 5.69 Å². The molecule has 0 aliphatic heterocycles. The van der Waals surface area contributed by atoms with Crippen molar-refractivity contribution < 1.29 is 4.74 Å². The lowest BCUT2D eigenvalue weighted by molar-refractivity contribution is 0.266. The van der Waals surface area contributed by atoms with Gasteiger partial charge in [0, 0.05) is 30.5 Å². The molecule has 0 saturated carbocycles. The Morgan fingerprint density at radius 3 is 2.25 bits per heavy atom. The molecular formula is C15H22Cl2N2O. The molecule has 0 spiro atoms. The van der Waals surface area contributed by atoms with Gasteiger partial charge in [0.05, 0.1) is 13.2 Å². The van der Waals surface area contributed by atoms with E-state index in [1.807, 2.05) is 0 Å². The van der Waals surface area contributed by atoms with Crippen LogP contribution in [0.15, 0.2) is 36.6 Å². The number of nitrogens with two attached hydrogens (primary N) is 1. The molecule has 0 amide bonds. The van der Waals surface area contributed by atoms with Crippen LogP contribution < -0.4 is 10.6 Å². The molecule has 0 aliphatic carbocycles. The van der Waals surface area contributed by atoms with Crippen LogP contribution in [0.5, 0.6) is 0 Å². The molecule has 2 N–H and O–H groups in total. The van der Waals surface area contributed by atoms with Gasteiger partial charge in [-0.1, -0.05) is 18.7 Å². The maximum Gasteiger partial charge on any atom is 0.105 e. The summed E-state index contributed by atoms with van der Waals surface area (Å²) in [7, 11) is 1.58. The monoisotopic (exact) mass is 316 g/mol. The third kappa shape index (κ3) is 5.23. The number of methoxy groups -OCH3 is 1. The molecule has 3 nitrogen and oxygen atoms in total. The van der Waals surface area contributed by atoms with Crippen molar-refractivity contribution in [2.45, 2.75) is 12.5 Å². The SMILES string of the molecule is C=C(OC)C(N)Cc1ccc(N(CCCl)CCCl)cc1. The third-order valence-corrected chi connectivity index (χ3v) is 3.48. The van der Waals surface area contributed by atoms with E-state index in [2.05, 4.69) is 35.7 Å². The minimum Gasteiger partial charge on any atom is -0.500 e. The average molecular weight is 317 g/mol. The lowest BCUT2D eigenvalue weighted by Crippen LogP contribution is -2.28. The topological polar surface area (TPSA) is 38.5 Å². The Kier molecular flexibility index (Phi) is 7.82. The summed E-state index contributed by atoms with van der Waals surface area (Å²) in [5.41, 5.74) is 8.25. The summed E-state index contributed by atoms with van der Waals surface area (Å²) in [6.07, 6.45) is 0.706. The van der Waals surface area contributed by atoms with Crippen molar-refractivity contribution in [1.29, 1.82) is 0 Å². The Labute approximate surface area is 131 Å². The van der Waals surface area contributed by atoms with E-state index in [0.29, 0.717) is 23.9 Å². The van der Waals surface area contributed by atoms with E-state index in [9.17, 15) is 0 Å². The summed E-state index contributed by atoms with van der Waals surface area (Å²) in [5, 5.41) is 0. The zero-order valence-corrected chi connectivity index (χ0v) is 13.3. The predicted molar refractivity (Wildman–Crippen MR) is 87.9 cm³/mol. The van der Waals surface area contributed by atoms with Crippen molar-refractivity contribution in [2.75, 3.05) is 36.9 Å². The Morgan fingerprint density at radius 2 is 1.80 bits per heavy atom. The molecular weight excluding hydrogens is 295 g/mol. The first-order chi connectivity index (χ1) is 9.62. The molecule has 1 rings (SSSR count). The van der Waals surface area contributed by atoms with E-state index in [-0.39, 0.29) is 6.04 Å². The first kappa shape index (κ1) is 17.2. The van der Waals surface area contributed by atoms with Gasteiger partial charge in [-0.25, -0.2) is 0 Å². The van der Waals surface area contributed by atoms with Crippen LogP contribution in [0.3, 0.4) is 0 Å². The maximum atomic E-state index is 5.98. The lowest BCUT2D eigenvalue weighted by atomic mass is 10.0. The highest BCUT2D eigenvalue weighted by Crippen LogP contribution is 2.17. The molecule has 0 fully saturated rings. The first-order valence-electron chi connectivity index (χ1n) is 6.56. The van der Waals surface area contributed by atoms with Gasteiger partial charge in [-0.15, -0.1) is 23.2 Å². The second kappa shape index (κ2) is 9.11. The largest absolute Gasteiger partial charge is 0.500 e. The van der Waals surface area contributed by atoms with Gasteiger partial charge in [-0.05, 0) is 24.1 Å². The number of anilines is 1. The van der Waals surface area contributed by atoms with Gasteiger partial charge in [0.25, 0.3) is 0 Å². The van der Waals surface area contributed by atoms with Gasteiger partial charge in [0.2, 0.25) is 0 Å². The van der Waals surface area contributed by atoms with E-state index >= 15 is 0 Å². The molecule has 0 saturated heterocycles. The predicted octanol–water partition coefficient (Wildman–Crippen LogP) is 3.00. The summed E-state index contributed by atoms with van der Waals surface area (Å²) in [6.45, 7) is 5.35. The molecule has 0 aromatic heterocycles. The van der Waals surface area contributed by atoms with Crippen molar-refractivity contribution in [3.8, 4) is 0 Å². The zero-order chi connectivity index (χ0) is 15.0. The van der Waals surface area contributed by atoms with Gasteiger partial charge in [-0.2, -0.15) is 0 Å². The Bertz CT molecular complexity index is 403. The average Bonchev–Trinajstić information content (AvgIpc) is 2.47. The Hall–Kier alpha value is -0.900. The molecule has 112 valence electrons. The summed E-state index contributed by atoms with van der Waals surface area (Å²) in [4.78, 5) is 2.16. The zero-order valence-electron chi connectivity index (χ0n) is 11.8. The van der Waals surface area contributed by atoms with Crippen molar-refractivity contribution in [3.05, 3.63) is 42.2 Å². The highest BCUT2D eigenvalue weighted by Gasteiger charge is 2.09. The van der Waals surface area contributed by atoms with Crippen LogP contribution in [-0.2, 0) is 11.2 Å². The number of rotatable bonds is 9. The molecule has 20 heavy (non-hydrogen) atoms. The normalized spacial score (nSPS) is 12.0. The summed E-state index contributed by atoms with van der Waals surface area (Å²) >= 11 is 11.6. The summed E-state index contributed by atoms with van der Waals surface area (Å²) in [5.74, 6) is 1.76. The van der Waals surface area contributed by atoms with Gasteiger partial charge < -0.3 is 15.4 Å². The van der Waals surface area contributed by atoms with Crippen LogP contribution >= 0.6 is 23.2 Å². The van der Waals surface area contributed by atoms with Gasteiger partial charge >= 0.3 is 0 Å². The van der Waals surface area contributed by atoms with Crippen LogP contribution in [0.1, 0.15) is 5.56 Å². The van der Waals surface area contributed by atoms with Gasteiger partial charge in [0.15, 0.2) is 0 Å². The van der Waals surface area contributed by atoms with Crippen molar-refractivity contribution in [1.82, 2.24) is 0 Å². The summed E-state index contributed by atoms with van der Waals surface area (Å²) in [6, 6.07) is 8.07. The molecule has 1 aromatic rings. The fraction of sp³-hybridized carbons (Fsp3) is 0.467. The fourth-order valence-electron chi connectivity index (χ4n) is 1.94. The highest BCUT2D eigenvalue weighted by molar-refractivity contribution is 6.18. The number of halogens is 2. The van der Waals surface area contributed by atoms with E-state index in [4.69, 9.17) is 33.7 Å². The van der Waals surface area contributed by atoms with E-state index in [1.54, 1.807) is 7.11 Å². The molecule has 1 aromatic carbocycles. The van der Waals surface area contributed by atoms with Crippen molar-refractivity contribution >= 4 is 28.9 Å². The molecule has 5 heteroatoms. The fourth-order valence-corrected chi connectivity index (χ4v) is 2.34. The number of nitrogens with zero attached hydrogens (tertiary/aromatic N) is 1. The Balaban J connectivity index is 2.69. The third-order valence-electron chi connectivity index (χ3n) is 3.14. The number of benzene rings is 1. The number of alkyl halides is 2. The second-order valence-electron chi connectivity index (χ2n) is 4.51. The van der Waals surface area contributed by atoms with Gasteiger partial charge in [-0.3, -0.25) is 0 Å². The van der Waals surface area contributed by atoms with Crippen LogP contribution in [0.2, 0.25) is 0 Å². The van der Waals surface area contributed by atoms with Crippen LogP contribution in [0.25, 0.3) is 0 Å². The molecule has 0 radical (unpaired) electrons. The van der Waals surface area contributed by atoms with Crippen LogP contribution in [0, 0.1) is 0 Å². The first-order valence-corrected chi connectivity index (χ1v) is 7.63. The summed E-state index contributed by atoms with van der Waals surface area (Å²) < 4.78 is 5.05. The number of hydrogen-bond donors (Lipinski definition) is 1. The van der Waals surface area contributed by atoms with Crippen molar-refractivity contribution in [2.24, 2.45) is 5.73 Å². The van der Waals surface area contributed by atoms with E-state index in [0.717, 1.165) is 24.3 Å². The minimum absolute atomic E-state index is 0.187. The van der Waals surface area contributed by atoms with Gasteiger partial charge in [0.1, 0.15) is 5.76 Å². The smallest absolute Gasteiger partial charge is 0.105 e. The number of ether oxygens (including phenoxy) is 1. The minimum atomic E-state index is -0.187. The standard InChI is InChI=1S/C15H22Cl2N2O/c1-12(20-2)15(18)11-13-3-5-14(6-4-13)19(9-7-16)10-8-17/h3-6,15H,1,7-11,18H2,2H3. The quantitative estimate of drug-likeness (QED) is 0.562. The molecule has 0 heterocycles. The maximum absolute atomic E-state index is 5.98. The second-order valence-corrected chi connectivity index (χ2v) is 5.27. The molecule has 0 bridgehead atoms. The lowest BCUT2D eigenvalue weighted by Gasteiger charge is -2.23. The number of hydrogen-bond acceptors (Lipinski definition) is 3. The van der Waals surface area contributed by atoms with Crippen molar-refractivity contribution in [3.63, 3.8) is 0 Å². The molecule has 0 aliphatic rings. The molecule has 1 atom stereocenters. The van der Waals surface area contributed by atoms with Crippen LogP contribution in [-0.4, -0.2) is 38.0 Å². The molecule has 1 unspecified atom stereocenters.